The van der Waals surface area contributed by atoms with Crippen molar-refractivity contribution in [3.63, 3.8) is 0 Å². The largest absolute Gasteiger partial charge is 0.489 e. The molecule has 0 bridgehead atoms. The molecule has 1 amide bonds. The van der Waals surface area contributed by atoms with Gasteiger partial charge in [-0.1, -0.05) is 24.3 Å². The van der Waals surface area contributed by atoms with Gasteiger partial charge in [-0.2, -0.15) is 0 Å². The molecule has 0 fully saturated rings. The number of pyridine rings is 1. The average Bonchev–Trinajstić information content (AvgIpc) is 2.77. The summed E-state index contributed by atoms with van der Waals surface area (Å²) < 4.78 is 5.73. The highest BCUT2D eigenvalue weighted by atomic mass is 16.5. The Hall–Kier alpha value is -3.34. The predicted octanol–water partition coefficient (Wildman–Crippen LogP) is 3.92. The molecule has 1 heterocycles. The molecule has 1 aromatic heterocycles. The molecular weight excluding hydrogens is 350 g/mol. The number of carbonyl (C=O) groups is 1. The molecule has 0 saturated heterocycles. The Balaban J connectivity index is 1.49. The minimum Gasteiger partial charge on any atom is -0.489 e. The first-order valence-corrected chi connectivity index (χ1v) is 9.31. The van der Waals surface area contributed by atoms with Crippen molar-refractivity contribution in [1.82, 2.24) is 10.3 Å². The molecule has 0 aliphatic heterocycles. The average molecular weight is 375 g/mol. The molecule has 1 atom stereocenters. The van der Waals surface area contributed by atoms with Gasteiger partial charge < -0.3 is 15.0 Å². The maximum Gasteiger partial charge on any atom is 0.251 e. The van der Waals surface area contributed by atoms with Crippen LogP contribution in [-0.4, -0.2) is 30.5 Å². The van der Waals surface area contributed by atoms with Gasteiger partial charge in [0.05, 0.1) is 0 Å². The minimum absolute atomic E-state index is 0.0906. The molecule has 144 valence electrons. The van der Waals surface area contributed by atoms with Crippen molar-refractivity contribution in [3.05, 3.63) is 90.3 Å². The molecule has 5 heteroatoms. The number of anilines is 1. The third-order valence-corrected chi connectivity index (χ3v) is 4.63. The van der Waals surface area contributed by atoms with E-state index in [2.05, 4.69) is 34.3 Å². The van der Waals surface area contributed by atoms with Crippen LogP contribution in [0, 0.1) is 0 Å². The molecule has 0 spiro atoms. The number of rotatable bonds is 8. The Labute approximate surface area is 166 Å². The Morgan fingerprint density at radius 3 is 2.50 bits per heavy atom. The van der Waals surface area contributed by atoms with Crippen LogP contribution in [0.1, 0.15) is 22.8 Å². The van der Waals surface area contributed by atoms with E-state index in [0.29, 0.717) is 18.7 Å². The van der Waals surface area contributed by atoms with Gasteiger partial charge >= 0.3 is 0 Å². The molecule has 0 aliphatic carbocycles. The van der Waals surface area contributed by atoms with Crippen LogP contribution in [0.4, 0.5) is 5.69 Å². The minimum atomic E-state index is -0.0906. The second-order valence-corrected chi connectivity index (χ2v) is 6.68. The normalized spacial score (nSPS) is 11.5. The summed E-state index contributed by atoms with van der Waals surface area (Å²) in [5.41, 5.74) is 2.74. The summed E-state index contributed by atoms with van der Waals surface area (Å²) in [6, 6.07) is 21.3. The first-order chi connectivity index (χ1) is 13.6. The summed E-state index contributed by atoms with van der Waals surface area (Å²) in [4.78, 5) is 18.6. The van der Waals surface area contributed by atoms with Gasteiger partial charge in [0.15, 0.2) is 0 Å². The molecule has 0 radical (unpaired) electrons. The van der Waals surface area contributed by atoms with Gasteiger partial charge in [-0.15, -0.1) is 0 Å². The van der Waals surface area contributed by atoms with E-state index >= 15 is 0 Å². The fourth-order valence-electron chi connectivity index (χ4n) is 2.75. The van der Waals surface area contributed by atoms with Gasteiger partial charge in [0, 0.05) is 48.8 Å². The number of nitrogens with one attached hydrogen (secondary N) is 1. The summed E-state index contributed by atoms with van der Waals surface area (Å²) in [6.07, 6.45) is 3.50. The van der Waals surface area contributed by atoms with Crippen LogP contribution in [0.3, 0.4) is 0 Å². The monoisotopic (exact) mass is 375 g/mol. The van der Waals surface area contributed by atoms with E-state index in [1.54, 1.807) is 24.5 Å². The quantitative estimate of drug-likeness (QED) is 0.648. The lowest BCUT2D eigenvalue weighted by atomic mass is 10.2. The molecule has 28 heavy (non-hydrogen) atoms. The lowest BCUT2D eigenvalue weighted by Crippen LogP contribution is -2.40. The highest BCUT2D eigenvalue weighted by Crippen LogP contribution is 2.15. The third-order valence-electron chi connectivity index (χ3n) is 4.63. The number of aromatic nitrogens is 1. The predicted molar refractivity (Wildman–Crippen MR) is 112 cm³/mol. The number of hydrogen-bond donors (Lipinski definition) is 1. The zero-order valence-electron chi connectivity index (χ0n) is 16.2. The topological polar surface area (TPSA) is 54.5 Å². The Morgan fingerprint density at radius 1 is 1.07 bits per heavy atom. The van der Waals surface area contributed by atoms with Crippen LogP contribution >= 0.6 is 0 Å². The Kier molecular flexibility index (Phi) is 6.63. The summed E-state index contributed by atoms with van der Waals surface area (Å²) in [5, 5.41) is 3.00. The summed E-state index contributed by atoms with van der Waals surface area (Å²) in [7, 11) is 2.03. The number of nitrogens with zero attached hydrogens (tertiary/aromatic N) is 2. The van der Waals surface area contributed by atoms with Crippen molar-refractivity contribution >= 4 is 11.6 Å². The van der Waals surface area contributed by atoms with Gasteiger partial charge in [0.1, 0.15) is 12.4 Å². The van der Waals surface area contributed by atoms with Gasteiger partial charge in [-0.05, 0) is 49.4 Å². The van der Waals surface area contributed by atoms with Crippen molar-refractivity contribution in [2.45, 2.75) is 19.6 Å². The summed E-state index contributed by atoms with van der Waals surface area (Å²) >= 11 is 0. The summed E-state index contributed by atoms with van der Waals surface area (Å²) in [6.45, 7) is 3.09. The second kappa shape index (κ2) is 9.55. The van der Waals surface area contributed by atoms with E-state index in [4.69, 9.17) is 4.74 Å². The van der Waals surface area contributed by atoms with E-state index in [9.17, 15) is 4.79 Å². The van der Waals surface area contributed by atoms with Crippen LogP contribution in [-0.2, 0) is 6.61 Å². The Bertz CT molecular complexity index is 867. The van der Waals surface area contributed by atoms with Crippen molar-refractivity contribution < 1.29 is 9.53 Å². The number of ether oxygens (including phenoxy) is 1. The molecule has 0 saturated carbocycles. The van der Waals surface area contributed by atoms with Crippen LogP contribution in [0.2, 0.25) is 0 Å². The highest BCUT2D eigenvalue weighted by Gasteiger charge is 2.12. The number of hydrogen-bond acceptors (Lipinski definition) is 4. The number of para-hydroxylation sites is 1. The molecule has 0 aliphatic rings. The van der Waals surface area contributed by atoms with Gasteiger partial charge in [-0.3, -0.25) is 9.78 Å². The van der Waals surface area contributed by atoms with Crippen molar-refractivity contribution in [2.75, 3.05) is 18.5 Å². The van der Waals surface area contributed by atoms with Crippen LogP contribution in [0.5, 0.6) is 5.75 Å². The van der Waals surface area contributed by atoms with E-state index in [1.807, 2.05) is 49.5 Å². The summed E-state index contributed by atoms with van der Waals surface area (Å²) in [5.74, 6) is 0.629. The number of amides is 1. The van der Waals surface area contributed by atoms with E-state index in [-0.39, 0.29) is 11.9 Å². The first kappa shape index (κ1) is 19.4. The number of likely N-dealkylation sites (N-methyl/N-ethyl adjacent to an activating group) is 1. The van der Waals surface area contributed by atoms with E-state index in [1.165, 1.54) is 0 Å². The molecule has 3 aromatic rings. The molecule has 1 unspecified atom stereocenters. The number of benzene rings is 2. The maximum atomic E-state index is 12.4. The second-order valence-electron chi connectivity index (χ2n) is 6.68. The fraction of sp³-hybridized carbons (Fsp3) is 0.217. The first-order valence-electron chi connectivity index (χ1n) is 9.31. The van der Waals surface area contributed by atoms with Crippen LogP contribution in [0.15, 0.2) is 79.1 Å². The standard InChI is InChI=1S/C23H25N3O2/c1-18(26(2)21-8-4-3-5-9-21)15-25-23(27)20-10-12-22(13-11-20)28-17-19-7-6-14-24-16-19/h3-14,16,18H,15,17H2,1-2H3,(H,25,27). The maximum absolute atomic E-state index is 12.4. The van der Waals surface area contributed by atoms with Gasteiger partial charge in [0.2, 0.25) is 0 Å². The van der Waals surface area contributed by atoms with Crippen molar-refractivity contribution in [1.29, 1.82) is 0 Å². The molecule has 1 N–H and O–H groups in total. The molecule has 3 rings (SSSR count). The smallest absolute Gasteiger partial charge is 0.251 e. The fourth-order valence-corrected chi connectivity index (χ4v) is 2.75. The van der Waals surface area contributed by atoms with E-state index in [0.717, 1.165) is 17.0 Å². The van der Waals surface area contributed by atoms with Crippen molar-refractivity contribution in [3.8, 4) is 5.75 Å². The highest BCUT2D eigenvalue weighted by molar-refractivity contribution is 5.94. The lowest BCUT2D eigenvalue weighted by molar-refractivity contribution is 0.0951. The molecule has 2 aromatic carbocycles. The third kappa shape index (κ3) is 5.33. The lowest BCUT2D eigenvalue weighted by Gasteiger charge is -2.27. The van der Waals surface area contributed by atoms with Crippen molar-refractivity contribution in [2.24, 2.45) is 0 Å². The molecular formula is C23H25N3O2. The zero-order valence-corrected chi connectivity index (χ0v) is 16.2. The van der Waals surface area contributed by atoms with Gasteiger partial charge in [0.25, 0.3) is 5.91 Å². The zero-order chi connectivity index (χ0) is 19.8. The Morgan fingerprint density at radius 2 is 1.82 bits per heavy atom. The number of carbonyl (C=O) groups excluding carboxylic acids is 1. The molecule has 5 nitrogen and oxygen atoms in total. The van der Waals surface area contributed by atoms with E-state index < -0.39 is 0 Å². The van der Waals surface area contributed by atoms with Crippen LogP contribution in [0.25, 0.3) is 0 Å². The van der Waals surface area contributed by atoms with Gasteiger partial charge in [-0.25, -0.2) is 0 Å². The SMILES string of the molecule is CC(CNC(=O)c1ccc(OCc2cccnc2)cc1)N(C)c1ccccc1. The van der Waals surface area contributed by atoms with Crippen LogP contribution < -0.4 is 15.0 Å².